The van der Waals surface area contributed by atoms with Crippen molar-refractivity contribution in [3.8, 4) is 6.07 Å². The molecule has 0 atom stereocenters. The average molecular weight is 384 g/mol. The van der Waals surface area contributed by atoms with E-state index >= 15 is 0 Å². The van der Waals surface area contributed by atoms with Crippen molar-refractivity contribution < 1.29 is 14.3 Å². The first-order valence-corrected chi connectivity index (χ1v) is 9.13. The Morgan fingerprint density at radius 2 is 1.52 bits per heavy atom. The topological polar surface area (TPSA) is 70.4 Å². The molecule has 0 aromatic heterocycles. The van der Waals surface area contributed by atoms with Crippen molar-refractivity contribution in [3.63, 3.8) is 0 Å². The van der Waals surface area contributed by atoms with Crippen molar-refractivity contribution in [1.29, 1.82) is 5.26 Å². The second-order valence-electron chi connectivity index (χ2n) is 6.54. The van der Waals surface area contributed by atoms with Gasteiger partial charge >= 0.3 is 5.97 Å². The molecule has 0 fully saturated rings. The van der Waals surface area contributed by atoms with Gasteiger partial charge in [0.25, 0.3) is 5.91 Å². The molecule has 5 nitrogen and oxygen atoms in total. The van der Waals surface area contributed by atoms with Crippen LogP contribution in [0.15, 0.2) is 78.9 Å². The zero-order valence-corrected chi connectivity index (χ0v) is 16.0. The van der Waals surface area contributed by atoms with Crippen molar-refractivity contribution >= 4 is 11.9 Å². The lowest BCUT2D eigenvalue weighted by molar-refractivity contribution is 0.0467. The summed E-state index contributed by atoms with van der Waals surface area (Å²) in [5.74, 6) is -0.867. The molecule has 3 rings (SSSR count). The molecule has 0 unspecified atom stereocenters. The highest BCUT2D eigenvalue weighted by molar-refractivity contribution is 6.05. The molecule has 5 heteroatoms. The first-order valence-electron chi connectivity index (χ1n) is 9.13. The zero-order valence-electron chi connectivity index (χ0n) is 16.0. The molecule has 0 bridgehead atoms. The maximum atomic E-state index is 12.9. The van der Waals surface area contributed by atoms with E-state index in [9.17, 15) is 9.59 Å². The fourth-order valence-electron chi connectivity index (χ4n) is 2.96. The minimum absolute atomic E-state index is 0.0368. The smallest absolute Gasteiger partial charge is 0.339 e. The van der Waals surface area contributed by atoms with Crippen LogP contribution >= 0.6 is 0 Å². The third-order valence-corrected chi connectivity index (χ3v) is 4.48. The van der Waals surface area contributed by atoms with Crippen LogP contribution in [-0.2, 0) is 17.9 Å². The highest BCUT2D eigenvalue weighted by atomic mass is 16.5. The molecular weight excluding hydrogens is 364 g/mol. The molecule has 0 aliphatic heterocycles. The first-order chi connectivity index (χ1) is 14.1. The van der Waals surface area contributed by atoms with Gasteiger partial charge in [0.05, 0.1) is 22.8 Å². The molecule has 1 amide bonds. The predicted octanol–water partition coefficient (Wildman–Crippen LogP) is 4.19. The minimum Gasteiger partial charge on any atom is -0.457 e. The highest BCUT2D eigenvalue weighted by Gasteiger charge is 2.21. The Morgan fingerprint density at radius 1 is 0.897 bits per heavy atom. The standard InChI is InChI=1S/C24H20N2O3/c1-26(16-18-9-3-2-4-10-18)23(27)21-13-7-8-14-22(21)24(28)29-17-20-12-6-5-11-19(20)15-25/h2-14H,16-17H2,1H3. The molecule has 0 heterocycles. The van der Waals surface area contributed by atoms with Gasteiger partial charge in [-0.2, -0.15) is 5.26 Å². The number of esters is 1. The van der Waals surface area contributed by atoms with Gasteiger partial charge in [0, 0.05) is 19.2 Å². The monoisotopic (exact) mass is 384 g/mol. The number of amides is 1. The van der Waals surface area contributed by atoms with Gasteiger partial charge in [-0.25, -0.2) is 4.79 Å². The fourth-order valence-corrected chi connectivity index (χ4v) is 2.96. The Balaban J connectivity index is 1.74. The molecule has 0 radical (unpaired) electrons. The summed E-state index contributed by atoms with van der Waals surface area (Å²) < 4.78 is 5.38. The number of nitrogens with zero attached hydrogens (tertiary/aromatic N) is 2. The van der Waals surface area contributed by atoms with Crippen LogP contribution in [0.4, 0.5) is 0 Å². The lowest BCUT2D eigenvalue weighted by Crippen LogP contribution is -2.28. The summed E-state index contributed by atoms with van der Waals surface area (Å²) >= 11 is 0. The number of rotatable bonds is 6. The average Bonchev–Trinajstić information content (AvgIpc) is 2.77. The fraction of sp³-hybridized carbons (Fsp3) is 0.125. The van der Waals surface area contributed by atoms with Crippen LogP contribution in [0.5, 0.6) is 0 Å². The minimum atomic E-state index is -0.602. The Morgan fingerprint density at radius 3 is 2.24 bits per heavy atom. The summed E-state index contributed by atoms with van der Waals surface area (Å²) in [7, 11) is 1.70. The lowest BCUT2D eigenvalue weighted by Gasteiger charge is -2.19. The summed E-state index contributed by atoms with van der Waals surface area (Å²) in [6, 6.07) is 25.2. The van der Waals surface area contributed by atoms with Gasteiger partial charge < -0.3 is 9.64 Å². The second-order valence-corrected chi connectivity index (χ2v) is 6.54. The summed E-state index contributed by atoms with van der Waals surface area (Å²) in [4.78, 5) is 27.1. The molecule has 0 spiro atoms. The van der Waals surface area contributed by atoms with Crippen molar-refractivity contribution in [2.75, 3.05) is 7.05 Å². The van der Waals surface area contributed by atoms with Crippen LogP contribution < -0.4 is 0 Å². The normalized spacial score (nSPS) is 10.1. The van der Waals surface area contributed by atoms with Gasteiger partial charge in [-0.3, -0.25) is 4.79 Å². The third-order valence-electron chi connectivity index (χ3n) is 4.48. The predicted molar refractivity (Wildman–Crippen MR) is 109 cm³/mol. The van der Waals surface area contributed by atoms with Crippen molar-refractivity contribution in [3.05, 3.63) is 107 Å². The van der Waals surface area contributed by atoms with Crippen molar-refractivity contribution in [2.45, 2.75) is 13.2 Å². The molecule has 3 aromatic rings. The van der Waals surface area contributed by atoms with E-state index in [1.165, 1.54) is 0 Å². The Kier molecular flexibility index (Phi) is 6.39. The number of ether oxygens (including phenoxy) is 1. The van der Waals surface area contributed by atoms with E-state index in [0.717, 1.165) is 5.56 Å². The van der Waals surface area contributed by atoms with E-state index in [-0.39, 0.29) is 23.6 Å². The summed E-state index contributed by atoms with van der Waals surface area (Å²) in [5.41, 5.74) is 2.55. The Labute approximate surface area is 169 Å². The van der Waals surface area contributed by atoms with Crippen LogP contribution in [0.1, 0.15) is 37.4 Å². The molecule has 0 aliphatic carbocycles. The molecular formula is C24H20N2O3. The van der Waals surface area contributed by atoms with Crippen LogP contribution in [-0.4, -0.2) is 23.8 Å². The number of carbonyl (C=O) groups is 2. The van der Waals surface area contributed by atoms with Crippen LogP contribution in [0.25, 0.3) is 0 Å². The molecule has 144 valence electrons. The van der Waals surface area contributed by atoms with Crippen molar-refractivity contribution in [2.24, 2.45) is 0 Å². The van der Waals surface area contributed by atoms with Gasteiger partial charge in [0.2, 0.25) is 0 Å². The third kappa shape index (κ3) is 4.88. The molecule has 3 aromatic carbocycles. The van der Waals surface area contributed by atoms with Gasteiger partial charge in [-0.1, -0.05) is 60.7 Å². The van der Waals surface area contributed by atoms with Crippen LogP contribution in [0.2, 0.25) is 0 Å². The van der Waals surface area contributed by atoms with E-state index in [4.69, 9.17) is 10.00 Å². The molecule has 0 N–H and O–H groups in total. The maximum absolute atomic E-state index is 12.9. The summed E-state index contributed by atoms with van der Waals surface area (Å²) in [5, 5.41) is 9.16. The van der Waals surface area contributed by atoms with E-state index in [1.807, 2.05) is 30.3 Å². The number of hydrogen-bond donors (Lipinski definition) is 0. The van der Waals surface area contributed by atoms with Crippen molar-refractivity contribution in [1.82, 2.24) is 4.90 Å². The van der Waals surface area contributed by atoms with Gasteiger partial charge in [0.15, 0.2) is 0 Å². The maximum Gasteiger partial charge on any atom is 0.339 e. The van der Waals surface area contributed by atoms with Gasteiger partial charge in [-0.15, -0.1) is 0 Å². The Hall–Kier alpha value is -3.91. The van der Waals surface area contributed by atoms with E-state index in [1.54, 1.807) is 60.5 Å². The lowest BCUT2D eigenvalue weighted by atomic mass is 10.1. The largest absolute Gasteiger partial charge is 0.457 e. The first kappa shape index (κ1) is 19.8. The van der Waals surface area contributed by atoms with E-state index < -0.39 is 5.97 Å². The summed E-state index contributed by atoms with van der Waals surface area (Å²) in [6.45, 7) is 0.392. The van der Waals surface area contributed by atoms with Crippen LogP contribution in [0, 0.1) is 11.3 Å². The molecule has 0 saturated carbocycles. The van der Waals surface area contributed by atoms with Gasteiger partial charge in [0.1, 0.15) is 6.61 Å². The Bertz CT molecular complexity index is 1050. The number of carbonyl (C=O) groups excluding carboxylic acids is 2. The van der Waals surface area contributed by atoms with E-state index in [0.29, 0.717) is 17.7 Å². The van der Waals surface area contributed by atoms with E-state index in [2.05, 4.69) is 6.07 Å². The number of nitriles is 1. The molecule has 0 saturated heterocycles. The number of hydrogen-bond acceptors (Lipinski definition) is 4. The quantitative estimate of drug-likeness (QED) is 0.598. The number of benzene rings is 3. The second kappa shape index (κ2) is 9.34. The van der Waals surface area contributed by atoms with Crippen LogP contribution in [0.3, 0.4) is 0 Å². The summed E-state index contributed by atoms with van der Waals surface area (Å²) in [6.07, 6.45) is 0. The zero-order chi connectivity index (χ0) is 20.6. The SMILES string of the molecule is CN(Cc1ccccc1)C(=O)c1ccccc1C(=O)OCc1ccccc1C#N. The molecule has 0 aliphatic rings. The highest BCUT2D eigenvalue weighted by Crippen LogP contribution is 2.16. The molecule has 29 heavy (non-hydrogen) atoms. The van der Waals surface area contributed by atoms with Gasteiger partial charge in [-0.05, 0) is 23.8 Å².